The zero-order valence-corrected chi connectivity index (χ0v) is 5.46. The predicted octanol–water partition coefficient (Wildman–Crippen LogP) is -0.405. The van der Waals surface area contributed by atoms with Gasteiger partial charge in [0.15, 0.2) is 6.73 Å². The molecule has 0 fully saturated rings. The minimum atomic E-state index is -0.385. The highest BCUT2D eigenvalue weighted by atomic mass is 16.5. The van der Waals surface area contributed by atoms with Crippen molar-refractivity contribution in [3.8, 4) is 0 Å². The molecule has 0 bridgehead atoms. The number of esters is 1. The van der Waals surface area contributed by atoms with Crippen LogP contribution in [0.25, 0.3) is 0 Å². The van der Waals surface area contributed by atoms with E-state index in [0.29, 0.717) is 6.41 Å². The molecule has 0 heterocycles. The van der Waals surface area contributed by atoms with Crippen LogP contribution in [0.15, 0.2) is 0 Å². The van der Waals surface area contributed by atoms with Gasteiger partial charge in [0, 0.05) is 14.0 Å². The largest absolute Gasteiger partial charge is 0.444 e. The van der Waals surface area contributed by atoms with Crippen LogP contribution in [-0.2, 0) is 14.3 Å². The Morgan fingerprint density at radius 3 is 2.67 bits per heavy atom. The summed E-state index contributed by atoms with van der Waals surface area (Å²) in [6, 6.07) is 0. The predicted molar refractivity (Wildman–Crippen MR) is 30.5 cm³/mol. The van der Waals surface area contributed by atoms with Crippen molar-refractivity contribution >= 4 is 12.4 Å². The number of nitrogens with zero attached hydrogens (tertiary/aromatic N) is 1. The molecule has 0 spiro atoms. The van der Waals surface area contributed by atoms with E-state index in [0.717, 1.165) is 0 Å². The Morgan fingerprint density at radius 1 is 1.78 bits per heavy atom. The van der Waals surface area contributed by atoms with Crippen molar-refractivity contribution < 1.29 is 14.3 Å². The van der Waals surface area contributed by atoms with Gasteiger partial charge in [-0.3, -0.25) is 9.59 Å². The molecule has 0 unspecified atom stereocenters. The van der Waals surface area contributed by atoms with Crippen LogP contribution in [0.2, 0.25) is 0 Å². The van der Waals surface area contributed by atoms with E-state index in [1.807, 2.05) is 0 Å². The molecular formula is C5H9NO3. The van der Waals surface area contributed by atoms with Crippen LogP contribution < -0.4 is 0 Å². The van der Waals surface area contributed by atoms with Crippen LogP contribution in [0.3, 0.4) is 0 Å². The molecule has 1 amide bonds. The summed E-state index contributed by atoms with van der Waals surface area (Å²) in [4.78, 5) is 21.2. The second-order valence-corrected chi connectivity index (χ2v) is 1.63. The van der Waals surface area contributed by atoms with Gasteiger partial charge in [-0.2, -0.15) is 0 Å². The topological polar surface area (TPSA) is 46.6 Å². The van der Waals surface area contributed by atoms with E-state index in [2.05, 4.69) is 4.74 Å². The Morgan fingerprint density at radius 2 is 2.33 bits per heavy atom. The van der Waals surface area contributed by atoms with Gasteiger partial charge in [0.2, 0.25) is 6.41 Å². The van der Waals surface area contributed by atoms with E-state index < -0.39 is 0 Å². The Hall–Kier alpha value is -1.06. The summed E-state index contributed by atoms with van der Waals surface area (Å²) in [5.41, 5.74) is 0. The van der Waals surface area contributed by atoms with Gasteiger partial charge in [0.1, 0.15) is 0 Å². The van der Waals surface area contributed by atoms with E-state index in [4.69, 9.17) is 0 Å². The molecule has 0 saturated carbocycles. The number of ether oxygens (including phenoxy) is 1. The number of amides is 1. The van der Waals surface area contributed by atoms with Crippen molar-refractivity contribution in [3.05, 3.63) is 0 Å². The molecule has 4 nitrogen and oxygen atoms in total. The van der Waals surface area contributed by atoms with Gasteiger partial charge in [0.25, 0.3) is 0 Å². The summed E-state index contributed by atoms with van der Waals surface area (Å²) in [6.07, 6.45) is 0.586. The van der Waals surface area contributed by atoms with Crippen LogP contribution >= 0.6 is 0 Å². The average Bonchev–Trinajstić information content (AvgIpc) is 1.83. The van der Waals surface area contributed by atoms with Gasteiger partial charge in [-0.25, -0.2) is 0 Å². The second kappa shape index (κ2) is 3.88. The lowest BCUT2D eigenvalue weighted by Crippen LogP contribution is -2.21. The van der Waals surface area contributed by atoms with Crippen molar-refractivity contribution in [1.29, 1.82) is 0 Å². The molecule has 0 atom stereocenters. The van der Waals surface area contributed by atoms with E-state index in [-0.39, 0.29) is 12.7 Å². The fraction of sp³-hybridized carbons (Fsp3) is 0.600. The molecule has 4 heteroatoms. The molecule has 0 aliphatic carbocycles. The van der Waals surface area contributed by atoms with Gasteiger partial charge in [-0.15, -0.1) is 0 Å². The summed E-state index contributed by atoms with van der Waals surface area (Å²) in [7, 11) is 1.52. The molecular weight excluding hydrogens is 122 g/mol. The number of rotatable bonds is 3. The smallest absolute Gasteiger partial charge is 0.304 e. The molecule has 0 rings (SSSR count). The van der Waals surface area contributed by atoms with Crippen LogP contribution in [0.1, 0.15) is 6.92 Å². The van der Waals surface area contributed by atoms with Crippen molar-refractivity contribution in [1.82, 2.24) is 4.90 Å². The maximum atomic E-state index is 10.1. The van der Waals surface area contributed by atoms with Crippen molar-refractivity contribution in [2.75, 3.05) is 13.8 Å². The van der Waals surface area contributed by atoms with E-state index in [1.165, 1.54) is 18.9 Å². The average molecular weight is 131 g/mol. The second-order valence-electron chi connectivity index (χ2n) is 1.63. The zero-order chi connectivity index (χ0) is 7.28. The van der Waals surface area contributed by atoms with Gasteiger partial charge in [-0.05, 0) is 0 Å². The minimum Gasteiger partial charge on any atom is -0.444 e. The third-order valence-electron chi connectivity index (χ3n) is 0.651. The first kappa shape index (κ1) is 7.94. The Balaban J connectivity index is 3.26. The van der Waals surface area contributed by atoms with Crippen molar-refractivity contribution in [2.45, 2.75) is 6.92 Å². The molecule has 9 heavy (non-hydrogen) atoms. The molecule has 0 aromatic heterocycles. The van der Waals surface area contributed by atoms with Gasteiger partial charge in [0.05, 0.1) is 0 Å². The zero-order valence-electron chi connectivity index (χ0n) is 5.46. The lowest BCUT2D eigenvalue weighted by molar-refractivity contribution is -0.146. The molecule has 0 aliphatic heterocycles. The third-order valence-corrected chi connectivity index (χ3v) is 0.651. The Bertz CT molecular complexity index is 113. The van der Waals surface area contributed by atoms with E-state index in [9.17, 15) is 9.59 Å². The third kappa shape index (κ3) is 4.80. The summed E-state index contributed by atoms with van der Waals surface area (Å²) in [5, 5.41) is 0. The molecule has 0 radical (unpaired) electrons. The highest BCUT2D eigenvalue weighted by molar-refractivity contribution is 5.66. The lowest BCUT2D eigenvalue weighted by atomic mass is 10.8. The summed E-state index contributed by atoms with van der Waals surface area (Å²) < 4.78 is 4.45. The summed E-state index contributed by atoms with van der Waals surface area (Å²) in [6.45, 7) is 1.32. The van der Waals surface area contributed by atoms with Crippen molar-refractivity contribution in [3.63, 3.8) is 0 Å². The first-order valence-corrected chi connectivity index (χ1v) is 2.45. The normalized spacial score (nSPS) is 8.22. The van der Waals surface area contributed by atoms with E-state index in [1.54, 1.807) is 0 Å². The number of carbonyl (C=O) groups excluding carboxylic acids is 2. The van der Waals surface area contributed by atoms with Gasteiger partial charge < -0.3 is 9.64 Å². The molecule has 52 valence electrons. The number of hydrogen-bond acceptors (Lipinski definition) is 3. The molecule has 0 aromatic rings. The first-order chi connectivity index (χ1) is 4.16. The molecule has 0 N–H and O–H groups in total. The SMILES string of the molecule is CC(=O)OCN(C)C=O. The molecule has 0 saturated heterocycles. The van der Waals surface area contributed by atoms with Crippen LogP contribution in [0.4, 0.5) is 0 Å². The minimum absolute atomic E-state index is 0.0266. The number of hydrogen-bond donors (Lipinski definition) is 0. The standard InChI is InChI=1S/C5H9NO3/c1-5(8)9-4-6(2)3-7/h3H,4H2,1-2H3. The van der Waals surface area contributed by atoms with Crippen LogP contribution in [0, 0.1) is 0 Å². The maximum Gasteiger partial charge on any atom is 0.304 e. The fourth-order valence-electron chi connectivity index (χ4n) is 0.223. The fourth-order valence-corrected chi connectivity index (χ4v) is 0.223. The summed E-state index contributed by atoms with van der Waals surface area (Å²) in [5.74, 6) is -0.385. The van der Waals surface area contributed by atoms with Crippen LogP contribution in [0.5, 0.6) is 0 Å². The lowest BCUT2D eigenvalue weighted by Gasteiger charge is -2.08. The van der Waals surface area contributed by atoms with Crippen LogP contribution in [-0.4, -0.2) is 31.1 Å². The summed E-state index contributed by atoms with van der Waals surface area (Å²) >= 11 is 0. The van der Waals surface area contributed by atoms with Crippen molar-refractivity contribution in [2.24, 2.45) is 0 Å². The Labute approximate surface area is 53.4 Å². The first-order valence-electron chi connectivity index (χ1n) is 2.45. The molecule has 0 aliphatic rings. The monoisotopic (exact) mass is 131 g/mol. The van der Waals surface area contributed by atoms with Gasteiger partial charge in [-0.1, -0.05) is 0 Å². The Kier molecular flexibility index (Phi) is 3.43. The number of carbonyl (C=O) groups is 2. The van der Waals surface area contributed by atoms with E-state index >= 15 is 0 Å². The van der Waals surface area contributed by atoms with Gasteiger partial charge >= 0.3 is 5.97 Å². The maximum absolute atomic E-state index is 10.1. The highest BCUT2D eigenvalue weighted by Crippen LogP contribution is 1.78. The highest BCUT2D eigenvalue weighted by Gasteiger charge is 1.93. The molecule has 0 aromatic carbocycles. The quantitative estimate of drug-likeness (QED) is 0.297.